The molecule has 0 aliphatic rings. The Balaban J connectivity index is 1.69. The van der Waals surface area contributed by atoms with Crippen molar-refractivity contribution in [2.45, 2.75) is 34.2 Å². The predicted octanol–water partition coefficient (Wildman–Crippen LogP) is 4.11. The zero-order chi connectivity index (χ0) is 21.1. The Hall–Kier alpha value is -2.95. The summed E-state index contributed by atoms with van der Waals surface area (Å²) in [5.74, 6) is -0.129. The number of nitrogens with one attached hydrogen (secondary N) is 1. The predicted molar refractivity (Wildman–Crippen MR) is 117 cm³/mol. The van der Waals surface area contributed by atoms with Gasteiger partial charge in [-0.15, -0.1) is 11.3 Å². The van der Waals surface area contributed by atoms with Crippen LogP contribution >= 0.6 is 11.3 Å². The molecule has 7 heteroatoms. The fourth-order valence-corrected chi connectivity index (χ4v) is 4.34. The van der Waals surface area contributed by atoms with E-state index < -0.39 is 0 Å². The van der Waals surface area contributed by atoms with Crippen LogP contribution < -0.4 is 5.32 Å². The number of carbonyl (C=O) groups is 1. The van der Waals surface area contributed by atoms with E-state index in [0.29, 0.717) is 17.1 Å². The van der Waals surface area contributed by atoms with Gasteiger partial charge in [0.25, 0.3) is 0 Å². The highest BCUT2D eigenvalue weighted by Gasteiger charge is 2.18. The Morgan fingerprint density at radius 3 is 2.59 bits per heavy atom. The zero-order valence-corrected chi connectivity index (χ0v) is 18.2. The Kier molecular flexibility index (Phi) is 6.16. The summed E-state index contributed by atoms with van der Waals surface area (Å²) in [5, 5.41) is 17.5. The lowest BCUT2D eigenvalue weighted by Gasteiger charge is -2.16. The molecule has 0 fully saturated rings. The Bertz CT molecular complexity index is 1080. The molecule has 0 aliphatic heterocycles. The molecule has 0 unspecified atom stereocenters. The average molecular weight is 408 g/mol. The number of aryl methyl sites for hydroxylation is 2. The molecule has 2 aromatic heterocycles. The van der Waals surface area contributed by atoms with Crippen molar-refractivity contribution in [3.63, 3.8) is 0 Å². The molecule has 3 aromatic rings. The van der Waals surface area contributed by atoms with Crippen molar-refractivity contribution in [3.05, 3.63) is 63.3 Å². The van der Waals surface area contributed by atoms with Gasteiger partial charge >= 0.3 is 0 Å². The van der Waals surface area contributed by atoms with Crippen molar-refractivity contribution in [3.8, 4) is 11.8 Å². The molecular weight excluding hydrogens is 382 g/mol. The number of hydrogen-bond acceptors (Lipinski definition) is 5. The van der Waals surface area contributed by atoms with Gasteiger partial charge in [0, 0.05) is 22.7 Å². The number of carbonyl (C=O) groups excluding carboxylic acids is 1. The molecule has 0 aliphatic carbocycles. The van der Waals surface area contributed by atoms with E-state index in [1.807, 2.05) is 74.7 Å². The molecule has 29 heavy (non-hydrogen) atoms. The van der Waals surface area contributed by atoms with Gasteiger partial charge in [0.15, 0.2) is 0 Å². The smallest absolute Gasteiger partial charge is 0.239 e. The van der Waals surface area contributed by atoms with E-state index in [4.69, 9.17) is 0 Å². The normalized spacial score (nSPS) is 10.9. The SMILES string of the molecule is Cc1nn(-c2ccccc2)c(C)c1CN(C)CC(=O)Nc1sc(C)c(C)c1C#N. The maximum Gasteiger partial charge on any atom is 0.239 e. The number of benzene rings is 1. The van der Waals surface area contributed by atoms with Gasteiger partial charge in [-0.05, 0) is 52.4 Å². The van der Waals surface area contributed by atoms with E-state index >= 15 is 0 Å². The average Bonchev–Trinajstić information content (AvgIpc) is 3.11. The summed E-state index contributed by atoms with van der Waals surface area (Å²) in [4.78, 5) is 15.5. The molecule has 6 nitrogen and oxygen atoms in total. The van der Waals surface area contributed by atoms with Crippen molar-refractivity contribution < 1.29 is 4.79 Å². The molecule has 0 atom stereocenters. The zero-order valence-electron chi connectivity index (χ0n) is 17.4. The largest absolute Gasteiger partial charge is 0.315 e. The van der Waals surface area contributed by atoms with E-state index in [-0.39, 0.29) is 12.5 Å². The molecule has 0 saturated carbocycles. The highest BCUT2D eigenvalue weighted by molar-refractivity contribution is 7.16. The first-order valence-electron chi connectivity index (χ1n) is 9.40. The van der Waals surface area contributed by atoms with Crippen LogP contribution in [0.5, 0.6) is 0 Å². The molecule has 150 valence electrons. The fraction of sp³-hybridized carbons (Fsp3) is 0.318. The molecule has 1 aromatic carbocycles. The first-order valence-corrected chi connectivity index (χ1v) is 10.2. The Morgan fingerprint density at radius 1 is 1.24 bits per heavy atom. The first-order chi connectivity index (χ1) is 13.8. The van der Waals surface area contributed by atoms with Crippen molar-refractivity contribution in [1.29, 1.82) is 5.26 Å². The van der Waals surface area contributed by atoms with Crippen LogP contribution in [0.25, 0.3) is 5.69 Å². The van der Waals surface area contributed by atoms with Crippen LogP contribution in [0.4, 0.5) is 5.00 Å². The molecular formula is C22H25N5OS. The fourth-order valence-electron chi connectivity index (χ4n) is 3.31. The van der Waals surface area contributed by atoms with Gasteiger partial charge in [-0.1, -0.05) is 18.2 Å². The third kappa shape index (κ3) is 4.39. The summed E-state index contributed by atoms with van der Waals surface area (Å²) >= 11 is 1.44. The van der Waals surface area contributed by atoms with Gasteiger partial charge in [-0.25, -0.2) is 4.68 Å². The quantitative estimate of drug-likeness (QED) is 0.667. The highest BCUT2D eigenvalue weighted by atomic mass is 32.1. The van der Waals surface area contributed by atoms with E-state index in [1.54, 1.807) is 0 Å². The van der Waals surface area contributed by atoms with Crippen LogP contribution in [-0.4, -0.2) is 34.2 Å². The number of thiophene rings is 1. The maximum atomic E-state index is 12.5. The van der Waals surface area contributed by atoms with E-state index in [9.17, 15) is 10.1 Å². The molecule has 2 heterocycles. The molecule has 0 radical (unpaired) electrons. The summed E-state index contributed by atoms with van der Waals surface area (Å²) in [6.07, 6.45) is 0. The second kappa shape index (κ2) is 8.60. The Labute approximate surface area is 175 Å². The van der Waals surface area contributed by atoms with Crippen LogP contribution in [0, 0.1) is 39.0 Å². The number of aromatic nitrogens is 2. The van der Waals surface area contributed by atoms with Crippen LogP contribution in [0.3, 0.4) is 0 Å². The van der Waals surface area contributed by atoms with Crippen LogP contribution in [0.1, 0.15) is 33.0 Å². The van der Waals surface area contributed by atoms with Gasteiger partial charge in [0.2, 0.25) is 5.91 Å². The van der Waals surface area contributed by atoms with Crippen LogP contribution in [0.15, 0.2) is 30.3 Å². The van der Waals surface area contributed by atoms with Crippen LogP contribution in [-0.2, 0) is 11.3 Å². The number of amides is 1. The molecule has 0 saturated heterocycles. The number of nitriles is 1. The van der Waals surface area contributed by atoms with E-state index in [0.717, 1.165) is 33.1 Å². The van der Waals surface area contributed by atoms with Gasteiger partial charge in [0.1, 0.15) is 11.1 Å². The number of anilines is 1. The van der Waals surface area contributed by atoms with Gasteiger partial charge in [-0.3, -0.25) is 9.69 Å². The van der Waals surface area contributed by atoms with Crippen molar-refractivity contribution in [2.75, 3.05) is 18.9 Å². The molecule has 0 bridgehead atoms. The van der Waals surface area contributed by atoms with Gasteiger partial charge in [0.05, 0.1) is 23.5 Å². The topological polar surface area (TPSA) is 74.0 Å². The van der Waals surface area contributed by atoms with Crippen molar-refractivity contribution in [1.82, 2.24) is 14.7 Å². The summed E-state index contributed by atoms with van der Waals surface area (Å²) < 4.78 is 1.94. The van der Waals surface area contributed by atoms with Crippen molar-refractivity contribution >= 4 is 22.2 Å². The lowest BCUT2D eigenvalue weighted by atomic mass is 10.2. The van der Waals surface area contributed by atoms with Crippen molar-refractivity contribution in [2.24, 2.45) is 0 Å². The number of para-hydroxylation sites is 1. The third-order valence-electron chi connectivity index (χ3n) is 5.03. The second-order valence-corrected chi connectivity index (χ2v) is 8.44. The molecule has 0 spiro atoms. The summed E-state index contributed by atoms with van der Waals surface area (Å²) in [5.41, 5.74) is 5.64. The Morgan fingerprint density at radius 2 is 1.93 bits per heavy atom. The first kappa shape index (κ1) is 20.8. The molecule has 3 rings (SSSR count). The summed E-state index contributed by atoms with van der Waals surface area (Å²) in [6, 6.07) is 12.2. The minimum Gasteiger partial charge on any atom is -0.315 e. The lowest BCUT2D eigenvalue weighted by molar-refractivity contribution is -0.117. The maximum absolute atomic E-state index is 12.5. The number of hydrogen-bond donors (Lipinski definition) is 1. The minimum absolute atomic E-state index is 0.129. The molecule has 1 N–H and O–H groups in total. The third-order valence-corrected chi connectivity index (χ3v) is 6.16. The monoisotopic (exact) mass is 407 g/mol. The summed E-state index contributed by atoms with van der Waals surface area (Å²) in [6.45, 7) is 8.75. The second-order valence-electron chi connectivity index (χ2n) is 7.22. The standard InChI is InChI=1S/C22H25N5OS/c1-14-17(4)29-22(19(14)11-23)24-21(28)13-26(5)12-20-15(2)25-27(16(20)3)18-9-7-6-8-10-18/h6-10H,12-13H2,1-5H3,(H,24,28). The van der Waals surface area contributed by atoms with Crippen LogP contribution in [0.2, 0.25) is 0 Å². The summed E-state index contributed by atoms with van der Waals surface area (Å²) in [7, 11) is 1.91. The number of nitrogens with zero attached hydrogens (tertiary/aromatic N) is 4. The number of likely N-dealkylation sites (N-methyl/N-ethyl adjacent to an activating group) is 1. The van der Waals surface area contributed by atoms with E-state index in [2.05, 4.69) is 16.5 Å². The lowest BCUT2D eigenvalue weighted by Crippen LogP contribution is -2.30. The van der Waals surface area contributed by atoms with Gasteiger partial charge < -0.3 is 5.32 Å². The van der Waals surface area contributed by atoms with Gasteiger partial charge in [-0.2, -0.15) is 10.4 Å². The molecule has 1 amide bonds. The minimum atomic E-state index is -0.129. The highest BCUT2D eigenvalue weighted by Crippen LogP contribution is 2.31. The number of rotatable bonds is 6. The van der Waals surface area contributed by atoms with E-state index in [1.165, 1.54) is 11.3 Å².